The van der Waals surface area contributed by atoms with Gasteiger partial charge in [-0.1, -0.05) is 0 Å². The van der Waals surface area contributed by atoms with Crippen LogP contribution in [-0.4, -0.2) is 44.7 Å². The molecule has 16 heteroatoms. The van der Waals surface area contributed by atoms with Gasteiger partial charge < -0.3 is 19.2 Å². The molecule has 1 aromatic carbocycles. The largest absolute Gasteiger partial charge is 0.463 e. The van der Waals surface area contributed by atoms with Crippen molar-refractivity contribution in [3.63, 3.8) is 0 Å². The Morgan fingerprint density at radius 1 is 1.18 bits per heavy atom. The fourth-order valence-corrected chi connectivity index (χ4v) is 3.82. The third-order valence-corrected chi connectivity index (χ3v) is 5.61. The number of nitro groups is 2. The third kappa shape index (κ3) is 5.34. The Hall–Kier alpha value is -5.12. The zero-order chi connectivity index (χ0) is 27.6. The van der Waals surface area contributed by atoms with Crippen LogP contribution >= 0.6 is 15.9 Å². The van der Waals surface area contributed by atoms with E-state index in [0.29, 0.717) is 0 Å². The number of carbonyl (C=O) groups excluding carboxylic acids is 3. The van der Waals surface area contributed by atoms with E-state index >= 15 is 0 Å². The lowest BCUT2D eigenvalue weighted by molar-refractivity contribution is -0.385. The van der Waals surface area contributed by atoms with Gasteiger partial charge in [0.05, 0.1) is 28.0 Å². The maximum Gasteiger partial charge on any atom is 0.373 e. The number of pyridine rings is 1. The number of ether oxygens (including phenoxy) is 2. The zero-order valence-corrected chi connectivity index (χ0v) is 20.7. The van der Waals surface area contributed by atoms with Crippen molar-refractivity contribution in [2.45, 2.75) is 6.54 Å². The van der Waals surface area contributed by atoms with Gasteiger partial charge in [-0.25, -0.2) is 14.6 Å². The molecule has 38 heavy (non-hydrogen) atoms. The molecule has 0 saturated carbocycles. The summed E-state index contributed by atoms with van der Waals surface area (Å²) in [6, 6.07) is 6.79. The van der Waals surface area contributed by atoms with Gasteiger partial charge >= 0.3 is 17.7 Å². The molecule has 15 nitrogen and oxygen atoms in total. The van der Waals surface area contributed by atoms with Crippen LogP contribution in [0.4, 0.5) is 16.2 Å². The van der Waals surface area contributed by atoms with Crippen LogP contribution < -0.4 is 10.1 Å². The molecular formula is C22H14BrN5O10. The molecule has 0 bridgehead atoms. The second kappa shape index (κ2) is 10.5. The second-order valence-electron chi connectivity index (χ2n) is 7.46. The van der Waals surface area contributed by atoms with Crippen molar-refractivity contribution in [1.82, 2.24) is 15.2 Å². The molecule has 0 aliphatic carbocycles. The predicted molar refractivity (Wildman–Crippen MR) is 129 cm³/mol. The number of urea groups is 1. The monoisotopic (exact) mass is 587 g/mol. The summed E-state index contributed by atoms with van der Waals surface area (Å²) in [6.07, 6.45) is 2.17. The third-order valence-electron chi connectivity index (χ3n) is 5.02. The maximum atomic E-state index is 12.8. The van der Waals surface area contributed by atoms with Crippen LogP contribution in [-0.2, 0) is 16.1 Å². The smallest absolute Gasteiger partial charge is 0.373 e. The van der Waals surface area contributed by atoms with Gasteiger partial charge in [0.15, 0.2) is 0 Å². The molecule has 3 heterocycles. The van der Waals surface area contributed by atoms with Crippen molar-refractivity contribution in [3.05, 3.63) is 90.1 Å². The normalized spacial score (nSPS) is 13.9. The molecule has 2 aromatic heterocycles. The fraction of sp³-hybridized carbons (Fsp3) is 0.0909. The Kier molecular flexibility index (Phi) is 7.15. The molecule has 1 saturated heterocycles. The van der Waals surface area contributed by atoms with Gasteiger partial charge in [-0.05, 0) is 45.8 Å². The second-order valence-corrected chi connectivity index (χ2v) is 8.31. The number of benzene rings is 1. The van der Waals surface area contributed by atoms with Crippen LogP contribution in [0.25, 0.3) is 6.08 Å². The van der Waals surface area contributed by atoms with Gasteiger partial charge in [0, 0.05) is 18.2 Å². The summed E-state index contributed by atoms with van der Waals surface area (Å²) >= 11 is 3.19. The van der Waals surface area contributed by atoms with Crippen molar-refractivity contribution < 1.29 is 38.1 Å². The van der Waals surface area contributed by atoms with Crippen LogP contribution in [0, 0.1) is 20.2 Å². The predicted octanol–water partition coefficient (Wildman–Crippen LogP) is 3.93. The number of imide groups is 1. The fourth-order valence-electron chi connectivity index (χ4n) is 3.28. The van der Waals surface area contributed by atoms with Gasteiger partial charge in [0.25, 0.3) is 11.6 Å². The van der Waals surface area contributed by atoms with Gasteiger partial charge in [0.2, 0.25) is 17.4 Å². The van der Waals surface area contributed by atoms with E-state index < -0.39 is 33.4 Å². The number of methoxy groups -OCH3 is 1. The first-order chi connectivity index (χ1) is 18.1. The molecule has 0 unspecified atom stereocenters. The standard InChI is InChI=1S/C22H14BrN5O10/c1-36-21(30)17-4-3-13(37-17)10-26-20(29)15(25-22(26)31)7-11-6-14(23)19(16(8-11)28(34)35)38-18-5-2-12(9-24-18)27(32)33/h2-9H,10H2,1H3,(H,25,31)/b15-7-. The van der Waals surface area contributed by atoms with Crippen LogP contribution in [0.5, 0.6) is 11.6 Å². The number of nitro benzene ring substituents is 1. The summed E-state index contributed by atoms with van der Waals surface area (Å²) in [5, 5.41) is 24.9. The SMILES string of the molecule is COC(=O)c1ccc(CN2C(=O)N/C(=C\c3cc(Br)c(Oc4ccc([N+](=O)[O-])cn4)c([N+](=O)[O-])c3)C2=O)o1. The van der Waals surface area contributed by atoms with E-state index in [4.69, 9.17) is 9.15 Å². The number of rotatable bonds is 8. The van der Waals surface area contributed by atoms with Crippen LogP contribution in [0.1, 0.15) is 21.9 Å². The number of nitrogens with one attached hydrogen (secondary N) is 1. The number of carbonyl (C=O) groups is 3. The highest BCUT2D eigenvalue weighted by atomic mass is 79.9. The lowest BCUT2D eigenvalue weighted by atomic mass is 10.1. The van der Waals surface area contributed by atoms with Crippen molar-refractivity contribution in [3.8, 4) is 11.6 Å². The number of amides is 3. The van der Waals surface area contributed by atoms with Crippen LogP contribution in [0.2, 0.25) is 0 Å². The highest BCUT2D eigenvalue weighted by molar-refractivity contribution is 9.10. The summed E-state index contributed by atoms with van der Waals surface area (Å²) in [7, 11) is 1.17. The number of halogens is 1. The Labute approximate surface area is 220 Å². The molecule has 194 valence electrons. The number of aromatic nitrogens is 1. The van der Waals surface area contributed by atoms with Crippen molar-refractivity contribution >= 4 is 51.3 Å². The molecule has 1 aliphatic rings. The summed E-state index contributed by atoms with van der Waals surface area (Å²) in [6.45, 7) is -0.280. The van der Waals surface area contributed by atoms with Gasteiger partial charge in [0.1, 0.15) is 17.7 Å². The van der Waals surface area contributed by atoms with Crippen molar-refractivity contribution in [1.29, 1.82) is 0 Å². The minimum absolute atomic E-state index is 0.103. The van der Waals surface area contributed by atoms with E-state index in [0.717, 1.165) is 23.2 Å². The lowest BCUT2D eigenvalue weighted by Gasteiger charge is -2.09. The molecule has 1 aliphatic heterocycles. The number of hydrogen-bond donors (Lipinski definition) is 1. The number of nitrogens with zero attached hydrogens (tertiary/aromatic N) is 4. The van der Waals surface area contributed by atoms with E-state index in [1.165, 1.54) is 37.5 Å². The zero-order valence-electron chi connectivity index (χ0n) is 19.1. The number of hydrogen-bond acceptors (Lipinski definition) is 11. The number of furan rings is 1. The molecule has 0 radical (unpaired) electrons. The number of esters is 1. The summed E-state index contributed by atoms with van der Waals surface area (Å²) in [5.41, 5.74) is -0.794. The van der Waals surface area contributed by atoms with Crippen LogP contribution in [0.15, 0.2) is 57.2 Å². The molecule has 1 fully saturated rings. The van der Waals surface area contributed by atoms with E-state index in [1.54, 1.807) is 0 Å². The van der Waals surface area contributed by atoms with E-state index in [9.17, 15) is 34.6 Å². The van der Waals surface area contributed by atoms with Gasteiger partial charge in [-0.3, -0.25) is 29.9 Å². The Balaban J connectivity index is 1.57. The molecule has 0 atom stereocenters. The van der Waals surface area contributed by atoms with E-state index in [-0.39, 0.29) is 51.1 Å². The van der Waals surface area contributed by atoms with Crippen molar-refractivity contribution in [2.75, 3.05) is 7.11 Å². The Bertz CT molecular complexity index is 1520. The maximum absolute atomic E-state index is 12.8. The molecular weight excluding hydrogens is 574 g/mol. The molecule has 1 N–H and O–H groups in total. The highest BCUT2D eigenvalue weighted by Gasteiger charge is 2.35. The first-order valence-corrected chi connectivity index (χ1v) is 11.1. The summed E-state index contributed by atoms with van der Waals surface area (Å²) in [4.78, 5) is 62.5. The van der Waals surface area contributed by atoms with Gasteiger partial charge in [-0.15, -0.1) is 0 Å². The molecule has 3 aromatic rings. The topological polar surface area (TPSA) is 197 Å². The average Bonchev–Trinajstić information content (AvgIpc) is 3.45. The Morgan fingerprint density at radius 3 is 2.58 bits per heavy atom. The molecule has 4 rings (SSSR count). The van der Waals surface area contributed by atoms with Crippen LogP contribution in [0.3, 0.4) is 0 Å². The minimum atomic E-state index is -0.768. The minimum Gasteiger partial charge on any atom is -0.463 e. The summed E-state index contributed by atoms with van der Waals surface area (Å²) in [5.74, 6) is -1.78. The van der Waals surface area contributed by atoms with E-state index in [1.807, 2.05) is 0 Å². The summed E-state index contributed by atoms with van der Waals surface area (Å²) < 4.78 is 15.4. The first kappa shape index (κ1) is 26.0. The quantitative estimate of drug-likeness (QED) is 0.132. The van der Waals surface area contributed by atoms with E-state index in [2.05, 4.69) is 31.0 Å². The Morgan fingerprint density at radius 2 is 1.95 bits per heavy atom. The molecule has 3 amide bonds. The first-order valence-electron chi connectivity index (χ1n) is 10.3. The highest BCUT2D eigenvalue weighted by Crippen LogP contribution is 2.39. The average molecular weight is 588 g/mol. The van der Waals surface area contributed by atoms with Crippen molar-refractivity contribution in [2.24, 2.45) is 0 Å². The molecule has 0 spiro atoms. The lowest BCUT2D eigenvalue weighted by Crippen LogP contribution is -2.30. The van der Waals surface area contributed by atoms with Gasteiger partial charge in [-0.2, -0.15) is 0 Å².